The van der Waals surface area contributed by atoms with Gasteiger partial charge < -0.3 is 4.74 Å². The molecule has 1 aliphatic carbocycles. The molecule has 1 aromatic carbocycles. The molecule has 1 heterocycles. The highest BCUT2D eigenvalue weighted by molar-refractivity contribution is 5.43. The predicted molar refractivity (Wildman–Crippen MR) is 95.6 cm³/mol. The van der Waals surface area contributed by atoms with Crippen LogP contribution in [0, 0.1) is 5.92 Å². The summed E-state index contributed by atoms with van der Waals surface area (Å²) >= 11 is 0. The van der Waals surface area contributed by atoms with Crippen molar-refractivity contribution in [2.75, 3.05) is 18.8 Å². The molecular weight excluding hydrogens is 300 g/mol. The number of pyridine rings is 1. The maximum atomic E-state index is 6.21. The second kappa shape index (κ2) is 8.81. The molecule has 0 aliphatic heterocycles. The van der Waals surface area contributed by atoms with Crippen LogP contribution >= 0.6 is 0 Å². The van der Waals surface area contributed by atoms with Crippen LogP contribution in [0.4, 0.5) is 5.69 Å². The zero-order valence-electron chi connectivity index (χ0n) is 14.3. The van der Waals surface area contributed by atoms with Gasteiger partial charge in [0.15, 0.2) is 0 Å². The van der Waals surface area contributed by atoms with E-state index in [-0.39, 0.29) is 0 Å². The molecule has 2 aromatic rings. The molecule has 128 valence electrons. The molecule has 0 saturated heterocycles. The molecule has 1 aliphatic rings. The van der Waals surface area contributed by atoms with Crippen LogP contribution in [0.3, 0.4) is 0 Å². The molecule has 1 aromatic heterocycles. The fourth-order valence-electron chi connectivity index (χ4n) is 3.19. The van der Waals surface area contributed by atoms with Crippen molar-refractivity contribution in [1.29, 1.82) is 0 Å². The van der Waals surface area contributed by atoms with Crippen molar-refractivity contribution in [3.05, 3.63) is 60.4 Å². The van der Waals surface area contributed by atoms with Crippen LogP contribution < -0.4 is 5.06 Å². The summed E-state index contributed by atoms with van der Waals surface area (Å²) < 4.78 is 5.46. The molecule has 1 fully saturated rings. The SMILES string of the molecule is COC1CCC(CON(Cc2ccncc2)c2ccccc2)CC1. The normalized spacial score (nSPS) is 20.7. The molecule has 3 rings (SSSR count). The van der Waals surface area contributed by atoms with Crippen LogP contribution in [-0.4, -0.2) is 24.8 Å². The summed E-state index contributed by atoms with van der Waals surface area (Å²) in [7, 11) is 1.81. The van der Waals surface area contributed by atoms with E-state index in [0.29, 0.717) is 12.0 Å². The summed E-state index contributed by atoms with van der Waals surface area (Å²) in [6, 6.07) is 14.3. The molecule has 0 amide bonds. The monoisotopic (exact) mass is 326 g/mol. The number of benzene rings is 1. The molecule has 0 bridgehead atoms. The van der Waals surface area contributed by atoms with Gasteiger partial charge in [-0.05, 0) is 61.4 Å². The van der Waals surface area contributed by atoms with Crippen LogP contribution in [0.2, 0.25) is 0 Å². The summed E-state index contributed by atoms with van der Waals surface area (Å²) in [6.07, 6.45) is 8.71. The van der Waals surface area contributed by atoms with Crippen molar-refractivity contribution in [3.8, 4) is 0 Å². The molecule has 0 unspecified atom stereocenters. The van der Waals surface area contributed by atoms with Gasteiger partial charge >= 0.3 is 0 Å². The molecular formula is C20H26N2O2. The van der Waals surface area contributed by atoms with Crippen LogP contribution in [0.15, 0.2) is 54.9 Å². The topological polar surface area (TPSA) is 34.6 Å². The van der Waals surface area contributed by atoms with Gasteiger partial charge in [-0.3, -0.25) is 9.82 Å². The Morgan fingerprint density at radius 2 is 1.71 bits per heavy atom. The average molecular weight is 326 g/mol. The highest BCUT2D eigenvalue weighted by atomic mass is 16.7. The summed E-state index contributed by atoms with van der Waals surface area (Å²) in [5.41, 5.74) is 2.27. The third kappa shape index (κ3) is 4.79. The number of rotatable bonds is 7. The number of para-hydroxylation sites is 1. The molecule has 24 heavy (non-hydrogen) atoms. The van der Waals surface area contributed by atoms with E-state index in [2.05, 4.69) is 17.1 Å². The first-order chi connectivity index (χ1) is 11.8. The first-order valence-corrected chi connectivity index (χ1v) is 8.72. The van der Waals surface area contributed by atoms with Crippen LogP contribution in [0.1, 0.15) is 31.2 Å². The van der Waals surface area contributed by atoms with Crippen molar-refractivity contribution in [1.82, 2.24) is 4.98 Å². The smallest absolute Gasteiger partial charge is 0.0777 e. The van der Waals surface area contributed by atoms with Crippen LogP contribution in [0.25, 0.3) is 0 Å². The third-order valence-corrected chi connectivity index (χ3v) is 4.71. The Balaban J connectivity index is 1.60. The fraction of sp³-hybridized carbons (Fsp3) is 0.450. The summed E-state index contributed by atoms with van der Waals surface area (Å²) in [6.45, 7) is 1.48. The Hall–Kier alpha value is -1.91. The van der Waals surface area contributed by atoms with E-state index in [1.54, 1.807) is 0 Å². The number of hydrogen-bond donors (Lipinski definition) is 0. The second-order valence-corrected chi connectivity index (χ2v) is 6.40. The summed E-state index contributed by atoms with van der Waals surface area (Å²) in [5.74, 6) is 0.611. The Labute approximate surface area is 144 Å². The van der Waals surface area contributed by atoms with E-state index in [9.17, 15) is 0 Å². The van der Waals surface area contributed by atoms with E-state index >= 15 is 0 Å². The van der Waals surface area contributed by atoms with Gasteiger partial charge in [-0.1, -0.05) is 18.2 Å². The molecule has 4 heteroatoms. The number of aromatic nitrogens is 1. The second-order valence-electron chi connectivity index (χ2n) is 6.40. The fourth-order valence-corrected chi connectivity index (χ4v) is 3.19. The zero-order chi connectivity index (χ0) is 16.6. The Morgan fingerprint density at radius 3 is 2.38 bits per heavy atom. The molecule has 0 radical (unpaired) electrons. The van der Waals surface area contributed by atoms with Gasteiger partial charge in [0, 0.05) is 19.5 Å². The number of ether oxygens (including phenoxy) is 1. The van der Waals surface area contributed by atoms with Gasteiger partial charge in [0.1, 0.15) is 0 Å². The highest BCUT2D eigenvalue weighted by Crippen LogP contribution is 2.27. The van der Waals surface area contributed by atoms with Gasteiger partial charge in [-0.25, -0.2) is 5.06 Å². The maximum absolute atomic E-state index is 6.21. The van der Waals surface area contributed by atoms with Crippen molar-refractivity contribution in [2.24, 2.45) is 5.92 Å². The maximum Gasteiger partial charge on any atom is 0.0777 e. The van der Waals surface area contributed by atoms with Crippen molar-refractivity contribution < 1.29 is 9.57 Å². The van der Waals surface area contributed by atoms with Gasteiger partial charge in [-0.15, -0.1) is 0 Å². The molecule has 0 N–H and O–H groups in total. The zero-order valence-corrected chi connectivity index (χ0v) is 14.3. The van der Waals surface area contributed by atoms with E-state index in [4.69, 9.17) is 9.57 Å². The summed E-state index contributed by atoms with van der Waals surface area (Å²) in [5, 5.41) is 2.00. The minimum atomic E-state index is 0.434. The van der Waals surface area contributed by atoms with Gasteiger partial charge in [0.05, 0.1) is 24.9 Å². The van der Waals surface area contributed by atoms with Crippen molar-refractivity contribution >= 4 is 5.69 Å². The quantitative estimate of drug-likeness (QED) is 0.713. The molecule has 0 spiro atoms. The lowest BCUT2D eigenvalue weighted by Gasteiger charge is -2.30. The number of nitrogens with zero attached hydrogens (tertiary/aromatic N) is 2. The Kier molecular flexibility index (Phi) is 6.21. The number of hydroxylamine groups is 1. The number of hydrogen-bond acceptors (Lipinski definition) is 4. The third-order valence-electron chi connectivity index (χ3n) is 4.71. The first-order valence-electron chi connectivity index (χ1n) is 8.72. The van der Waals surface area contributed by atoms with E-state index < -0.39 is 0 Å². The lowest BCUT2D eigenvalue weighted by atomic mass is 9.88. The number of methoxy groups -OCH3 is 1. The Morgan fingerprint density at radius 1 is 1.00 bits per heavy atom. The molecule has 4 nitrogen and oxygen atoms in total. The summed E-state index contributed by atoms with van der Waals surface area (Å²) in [4.78, 5) is 10.3. The largest absolute Gasteiger partial charge is 0.381 e. The van der Waals surface area contributed by atoms with E-state index in [1.807, 2.05) is 54.9 Å². The predicted octanol–water partition coefficient (Wildman–Crippen LogP) is 4.23. The lowest BCUT2D eigenvalue weighted by molar-refractivity contribution is 0.0200. The highest BCUT2D eigenvalue weighted by Gasteiger charge is 2.22. The van der Waals surface area contributed by atoms with E-state index in [0.717, 1.165) is 31.7 Å². The number of anilines is 1. The lowest BCUT2D eigenvalue weighted by Crippen LogP contribution is -2.29. The van der Waals surface area contributed by atoms with Gasteiger partial charge in [0.25, 0.3) is 0 Å². The minimum absolute atomic E-state index is 0.434. The van der Waals surface area contributed by atoms with Gasteiger partial charge in [-0.2, -0.15) is 0 Å². The Bertz CT molecular complexity index is 583. The standard InChI is InChI=1S/C20H26N2O2/c1-23-20-9-7-18(8-10-20)16-24-22(19-5-3-2-4-6-19)15-17-11-13-21-14-12-17/h2-6,11-14,18,20H,7-10,15-16H2,1H3. The molecule has 0 atom stereocenters. The van der Waals surface area contributed by atoms with Crippen LogP contribution in [-0.2, 0) is 16.1 Å². The van der Waals surface area contributed by atoms with Crippen molar-refractivity contribution in [2.45, 2.75) is 38.3 Å². The van der Waals surface area contributed by atoms with Crippen molar-refractivity contribution in [3.63, 3.8) is 0 Å². The molecule has 1 saturated carbocycles. The minimum Gasteiger partial charge on any atom is -0.381 e. The average Bonchev–Trinajstić information content (AvgIpc) is 2.67. The van der Waals surface area contributed by atoms with Crippen LogP contribution in [0.5, 0.6) is 0 Å². The van der Waals surface area contributed by atoms with Gasteiger partial charge in [0.2, 0.25) is 0 Å². The first kappa shape index (κ1) is 16.9. The van der Waals surface area contributed by atoms with E-state index in [1.165, 1.54) is 18.4 Å².